The number of carbonyl (C=O) groups excluding carboxylic acids is 3. The van der Waals surface area contributed by atoms with Gasteiger partial charge in [0.2, 0.25) is 5.91 Å². The van der Waals surface area contributed by atoms with Gasteiger partial charge in [-0.05, 0) is 39.5 Å². The molecule has 12 heteroatoms. The van der Waals surface area contributed by atoms with Crippen molar-refractivity contribution in [3.05, 3.63) is 23.8 Å². The zero-order chi connectivity index (χ0) is 27.3. The third-order valence-electron chi connectivity index (χ3n) is 6.16. The molecular weight excluding hydrogens is 490 g/mol. The molecule has 206 valence electrons. The minimum Gasteiger partial charge on any atom is -0.444 e. The average Bonchev–Trinajstić information content (AvgIpc) is 3.16. The minimum atomic E-state index is -0.833. The average molecular weight is 527 g/mol. The van der Waals surface area contributed by atoms with E-state index in [9.17, 15) is 14.4 Å². The fourth-order valence-corrected chi connectivity index (χ4v) is 4.60. The highest BCUT2D eigenvalue weighted by Gasteiger charge is 2.36. The second kappa shape index (κ2) is 11.9. The maximum absolute atomic E-state index is 15.4. The van der Waals surface area contributed by atoms with Crippen LogP contribution >= 0.6 is 0 Å². The van der Waals surface area contributed by atoms with Crippen LogP contribution in [0.3, 0.4) is 0 Å². The summed E-state index contributed by atoms with van der Waals surface area (Å²) in [5.41, 5.74) is -0.884. The second-order valence-electron chi connectivity index (χ2n) is 10.4. The summed E-state index contributed by atoms with van der Waals surface area (Å²) in [4.78, 5) is 38.4. The number of cyclic esters (lactones) is 1. The first kappa shape index (κ1) is 28.4. The van der Waals surface area contributed by atoms with Gasteiger partial charge >= 0.3 is 12.2 Å². The van der Waals surface area contributed by atoms with Crippen molar-refractivity contribution in [2.45, 2.75) is 58.3 Å². The van der Waals surface area contributed by atoms with Gasteiger partial charge in [-0.2, -0.15) is 0 Å². The minimum absolute atomic E-state index is 0.0202. The number of hydrogen-bond acceptors (Lipinski definition) is 7. The van der Waals surface area contributed by atoms with Gasteiger partial charge in [0, 0.05) is 51.9 Å². The number of nitrogens with zero attached hydrogens (tertiary/aromatic N) is 2. The molecule has 2 N–H and O–H groups in total. The van der Waals surface area contributed by atoms with Gasteiger partial charge in [0.15, 0.2) is 11.6 Å². The summed E-state index contributed by atoms with van der Waals surface area (Å²) in [6.07, 6.45) is -0.792. The number of ether oxygens (including phenoxy) is 3. The van der Waals surface area contributed by atoms with Crippen molar-refractivity contribution < 1.29 is 37.4 Å². The Balaban J connectivity index is 1.78. The van der Waals surface area contributed by atoms with Gasteiger partial charge in [0.1, 0.15) is 17.4 Å². The van der Waals surface area contributed by atoms with Crippen molar-refractivity contribution in [2.75, 3.05) is 49.7 Å². The van der Waals surface area contributed by atoms with Crippen molar-refractivity contribution in [3.8, 4) is 0 Å². The van der Waals surface area contributed by atoms with Crippen LogP contribution in [0.5, 0.6) is 0 Å². The summed E-state index contributed by atoms with van der Waals surface area (Å²) >= 11 is 0. The Labute approximate surface area is 215 Å². The van der Waals surface area contributed by atoms with Gasteiger partial charge in [-0.3, -0.25) is 9.69 Å². The number of halogens is 2. The standard InChI is InChI=1S/C25H36F2N4O6/c1-15(32)28-12-19-13-31(24(34)36-19)17-9-20(26)22(21(27)10-17)30-7-6-16(14-35-5)8-18(30)11-29-23(33)37-25(2,3)4/h9-10,16,18-19H,6-8,11-14H2,1-5H3,(H,28,32)(H,29,33). The SMILES string of the molecule is COCC1CCN(c2c(F)cc(N3CC(CNC(C)=O)OC3=O)cc2F)C(CNC(=O)OC(C)(C)C)C1. The summed E-state index contributed by atoms with van der Waals surface area (Å²) in [7, 11) is 1.60. The molecule has 3 amide bonds. The van der Waals surface area contributed by atoms with Crippen LogP contribution in [0.4, 0.5) is 29.7 Å². The Morgan fingerprint density at radius 3 is 2.43 bits per heavy atom. The number of benzene rings is 1. The summed E-state index contributed by atoms with van der Waals surface area (Å²) in [6.45, 7) is 7.71. The molecule has 2 heterocycles. The van der Waals surface area contributed by atoms with Gasteiger partial charge < -0.3 is 29.7 Å². The van der Waals surface area contributed by atoms with Gasteiger partial charge in [-0.15, -0.1) is 0 Å². The molecule has 3 atom stereocenters. The third-order valence-corrected chi connectivity index (χ3v) is 6.16. The predicted octanol–water partition coefficient (Wildman–Crippen LogP) is 3.18. The van der Waals surface area contributed by atoms with E-state index in [0.29, 0.717) is 26.0 Å². The van der Waals surface area contributed by atoms with Crippen molar-refractivity contribution in [1.29, 1.82) is 0 Å². The topological polar surface area (TPSA) is 109 Å². The van der Waals surface area contributed by atoms with E-state index in [4.69, 9.17) is 14.2 Å². The highest BCUT2D eigenvalue weighted by molar-refractivity contribution is 5.90. The summed E-state index contributed by atoms with van der Waals surface area (Å²) in [6, 6.07) is 1.79. The maximum Gasteiger partial charge on any atom is 0.414 e. The molecule has 0 spiro atoms. The molecule has 3 rings (SSSR count). The molecule has 0 radical (unpaired) electrons. The molecule has 3 unspecified atom stereocenters. The van der Waals surface area contributed by atoms with E-state index >= 15 is 8.78 Å². The summed E-state index contributed by atoms with van der Waals surface area (Å²) < 4.78 is 46.6. The van der Waals surface area contributed by atoms with Gasteiger partial charge in [0.25, 0.3) is 0 Å². The molecule has 0 saturated carbocycles. The van der Waals surface area contributed by atoms with Gasteiger partial charge in [0.05, 0.1) is 18.8 Å². The van der Waals surface area contributed by atoms with Crippen LogP contribution in [0.25, 0.3) is 0 Å². The van der Waals surface area contributed by atoms with Crippen LogP contribution in [0.15, 0.2) is 12.1 Å². The van der Waals surface area contributed by atoms with E-state index in [-0.39, 0.29) is 42.8 Å². The van der Waals surface area contributed by atoms with E-state index in [1.165, 1.54) is 6.92 Å². The molecule has 2 aliphatic rings. The normalized spacial score (nSPS) is 22.0. The predicted molar refractivity (Wildman–Crippen MR) is 133 cm³/mol. The number of anilines is 2. The van der Waals surface area contributed by atoms with E-state index in [2.05, 4.69) is 10.6 Å². The lowest BCUT2D eigenvalue weighted by Crippen LogP contribution is -2.50. The summed E-state index contributed by atoms with van der Waals surface area (Å²) in [5.74, 6) is -1.78. The number of amides is 3. The Kier molecular flexibility index (Phi) is 9.16. The zero-order valence-electron chi connectivity index (χ0n) is 21.9. The second-order valence-corrected chi connectivity index (χ2v) is 10.4. The molecule has 2 aliphatic heterocycles. The lowest BCUT2D eigenvalue weighted by atomic mass is 9.90. The third kappa shape index (κ3) is 7.67. The van der Waals surface area contributed by atoms with Crippen LogP contribution in [-0.4, -0.2) is 75.7 Å². The number of nitrogens with one attached hydrogen (secondary N) is 2. The quantitative estimate of drug-likeness (QED) is 0.536. The lowest BCUT2D eigenvalue weighted by molar-refractivity contribution is -0.119. The van der Waals surface area contributed by atoms with Crippen LogP contribution in [-0.2, 0) is 19.0 Å². The van der Waals surface area contributed by atoms with Crippen LogP contribution in [0.2, 0.25) is 0 Å². The van der Waals surface area contributed by atoms with Crippen molar-refractivity contribution in [2.24, 2.45) is 5.92 Å². The van der Waals surface area contributed by atoms with Crippen LogP contribution in [0, 0.1) is 17.6 Å². The summed E-state index contributed by atoms with van der Waals surface area (Å²) in [5, 5.41) is 5.27. The van der Waals surface area contributed by atoms with Crippen molar-refractivity contribution in [1.82, 2.24) is 10.6 Å². The van der Waals surface area contributed by atoms with Crippen molar-refractivity contribution >= 4 is 29.5 Å². The number of methoxy groups -OCH3 is 1. The monoisotopic (exact) mass is 526 g/mol. The van der Waals surface area contributed by atoms with E-state index in [1.807, 2.05) is 0 Å². The number of alkyl carbamates (subject to hydrolysis) is 1. The highest BCUT2D eigenvalue weighted by Crippen LogP contribution is 2.35. The van der Waals surface area contributed by atoms with Crippen molar-refractivity contribution in [3.63, 3.8) is 0 Å². The zero-order valence-corrected chi connectivity index (χ0v) is 21.9. The number of carbonyl (C=O) groups is 3. The largest absolute Gasteiger partial charge is 0.444 e. The molecule has 2 saturated heterocycles. The first-order valence-electron chi connectivity index (χ1n) is 12.3. The highest BCUT2D eigenvalue weighted by atomic mass is 19.1. The van der Waals surface area contributed by atoms with Gasteiger partial charge in [-0.25, -0.2) is 18.4 Å². The molecule has 0 aliphatic carbocycles. The van der Waals surface area contributed by atoms with E-state index in [1.54, 1.807) is 32.8 Å². The molecule has 10 nitrogen and oxygen atoms in total. The Hall–Kier alpha value is -3.15. The molecule has 1 aromatic rings. The Morgan fingerprint density at radius 2 is 1.84 bits per heavy atom. The van der Waals surface area contributed by atoms with Crippen LogP contribution in [0.1, 0.15) is 40.5 Å². The Morgan fingerprint density at radius 1 is 1.16 bits per heavy atom. The molecular formula is C25H36F2N4O6. The molecule has 37 heavy (non-hydrogen) atoms. The number of hydrogen-bond donors (Lipinski definition) is 2. The van der Waals surface area contributed by atoms with E-state index in [0.717, 1.165) is 17.0 Å². The lowest BCUT2D eigenvalue weighted by Gasteiger charge is -2.41. The molecule has 1 aromatic carbocycles. The number of rotatable bonds is 8. The smallest absolute Gasteiger partial charge is 0.414 e. The Bertz CT molecular complexity index is 979. The fourth-order valence-electron chi connectivity index (χ4n) is 4.60. The van der Waals surface area contributed by atoms with E-state index < -0.39 is 41.6 Å². The maximum atomic E-state index is 15.4. The van der Waals surface area contributed by atoms with Gasteiger partial charge in [-0.1, -0.05) is 0 Å². The molecule has 2 fully saturated rings. The fraction of sp³-hybridized carbons (Fsp3) is 0.640. The first-order chi connectivity index (χ1) is 17.4. The van der Waals surface area contributed by atoms with Crippen LogP contribution < -0.4 is 20.4 Å². The molecule has 0 aromatic heterocycles. The number of piperidine rings is 1. The molecule has 0 bridgehead atoms. The first-order valence-corrected chi connectivity index (χ1v) is 12.3.